The standard InChI is InChI=1S/C57H39N7/c1-57(2)46-28-17-27-44(55-60-51(36-18-7-3-8-19-36)58-52(61-55)37-20-9-4-10-21-37)50(46)43-32-30-41(35-47(43)57)40-31-33-49-45(34-40)42-26-15-16-29-48(42)64(49)56-62-53(38-22-11-5-12-23-38)59-54(63-56)39-24-13-6-14-25-39/h3-35H,1-2H3. The average molecular weight is 822 g/mol. The molecule has 0 spiro atoms. The second-order valence-electron chi connectivity index (χ2n) is 16.8. The van der Waals surface area contributed by atoms with Gasteiger partial charge in [0.15, 0.2) is 29.1 Å². The molecule has 1 aliphatic rings. The summed E-state index contributed by atoms with van der Waals surface area (Å²) in [4.78, 5) is 30.5. The molecule has 0 N–H and O–H groups in total. The van der Waals surface area contributed by atoms with Crippen LogP contribution in [0.5, 0.6) is 0 Å². The summed E-state index contributed by atoms with van der Waals surface area (Å²) in [6.07, 6.45) is 0. The van der Waals surface area contributed by atoms with Crippen molar-refractivity contribution in [2.24, 2.45) is 0 Å². The van der Waals surface area contributed by atoms with E-state index in [1.54, 1.807) is 0 Å². The molecule has 0 fully saturated rings. The minimum absolute atomic E-state index is 0.278. The summed E-state index contributed by atoms with van der Waals surface area (Å²) in [6.45, 7) is 4.64. The highest BCUT2D eigenvalue weighted by atomic mass is 15.2. The number of hydrogen-bond acceptors (Lipinski definition) is 6. The second-order valence-corrected chi connectivity index (χ2v) is 16.8. The molecule has 0 atom stereocenters. The van der Waals surface area contributed by atoms with Crippen LogP contribution < -0.4 is 0 Å². The molecule has 7 heteroatoms. The Bertz CT molecular complexity index is 3450. The summed E-state index contributed by atoms with van der Waals surface area (Å²) in [5.74, 6) is 3.78. The topological polar surface area (TPSA) is 82.3 Å². The van der Waals surface area contributed by atoms with Crippen molar-refractivity contribution >= 4 is 21.8 Å². The van der Waals surface area contributed by atoms with Crippen LogP contribution in [-0.4, -0.2) is 34.5 Å². The Morgan fingerprint density at radius 2 is 0.797 bits per heavy atom. The number of rotatable bonds is 7. The van der Waals surface area contributed by atoms with Gasteiger partial charge < -0.3 is 0 Å². The van der Waals surface area contributed by atoms with E-state index in [1.165, 1.54) is 22.3 Å². The number of para-hydroxylation sites is 1. The van der Waals surface area contributed by atoms with Gasteiger partial charge in [0.05, 0.1) is 11.0 Å². The predicted molar refractivity (Wildman–Crippen MR) is 258 cm³/mol. The van der Waals surface area contributed by atoms with E-state index < -0.39 is 0 Å². The molecule has 302 valence electrons. The van der Waals surface area contributed by atoms with Crippen LogP contribution in [0.3, 0.4) is 0 Å². The molecule has 12 rings (SSSR count). The minimum atomic E-state index is -0.278. The number of aromatic nitrogens is 7. The maximum atomic E-state index is 5.14. The summed E-state index contributed by atoms with van der Waals surface area (Å²) in [5.41, 5.74) is 13.7. The van der Waals surface area contributed by atoms with Gasteiger partial charge in [0, 0.05) is 44.0 Å². The quantitative estimate of drug-likeness (QED) is 0.159. The normalized spacial score (nSPS) is 12.7. The molecule has 7 nitrogen and oxygen atoms in total. The van der Waals surface area contributed by atoms with Crippen molar-refractivity contribution in [1.29, 1.82) is 0 Å². The molecule has 0 saturated heterocycles. The van der Waals surface area contributed by atoms with Crippen LogP contribution in [0, 0.1) is 0 Å². The van der Waals surface area contributed by atoms with Crippen LogP contribution in [0.2, 0.25) is 0 Å². The Morgan fingerprint density at radius 1 is 0.328 bits per heavy atom. The first kappa shape index (κ1) is 37.4. The van der Waals surface area contributed by atoms with E-state index in [2.05, 4.69) is 122 Å². The Morgan fingerprint density at radius 3 is 1.38 bits per heavy atom. The summed E-state index contributed by atoms with van der Waals surface area (Å²) >= 11 is 0. The Hall–Kier alpha value is -8.42. The zero-order valence-electron chi connectivity index (χ0n) is 35.2. The van der Waals surface area contributed by atoms with Gasteiger partial charge in [0.2, 0.25) is 5.95 Å². The molecule has 3 heterocycles. The molecule has 1 aliphatic carbocycles. The molecule has 3 aromatic heterocycles. The molecule has 0 bridgehead atoms. The third-order valence-corrected chi connectivity index (χ3v) is 12.5. The van der Waals surface area contributed by atoms with Crippen LogP contribution in [0.4, 0.5) is 0 Å². The maximum Gasteiger partial charge on any atom is 0.238 e. The molecule has 0 aliphatic heterocycles. The van der Waals surface area contributed by atoms with E-state index in [1.807, 2.05) is 97.1 Å². The van der Waals surface area contributed by atoms with Gasteiger partial charge in [-0.15, -0.1) is 0 Å². The van der Waals surface area contributed by atoms with Crippen LogP contribution in [0.15, 0.2) is 200 Å². The van der Waals surface area contributed by atoms with Gasteiger partial charge in [-0.25, -0.2) is 19.9 Å². The highest BCUT2D eigenvalue weighted by molar-refractivity contribution is 6.10. The van der Waals surface area contributed by atoms with Crippen molar-refractivity contribution in [3.8, 4) is 85.1 Å². The van der Waals surface area contributed by atoms with Gasteiger partial charge in [-0.05, 0) is 57.6 Å². The summed E-state index contributed by atoms with van der Waals surface area (Å²) in [7, 11) is 0. The molecule has 11 aromatic rings. The number of fused-ring (bicyclic) bond motifs is 6. The minimum Gasteiger partial charge on any atom is -0.278 e. The fourth-order valence-corrected chi connectivity index (χ4v) is 9.35. The van der Waals surface area contributed by atoms with Crippen molar-refractivity contribution in [1.82, 2.24) is 34.5 Å². The summed E-state index contributed by atoms with van der Waals surface area (Å²) in [6, 6.07) is 69.2. The van der Waals surface area contributed by atoms with E-state index in [9.17, 15) is 0 Å². The molecule has 64 heavy (non-hydrogen) atoms. The zero-order chi connectivity index (χ0) is 42.8. The lowest BCUT2D eigenvalue weighted by atomic mass is 9.81. The SMILES string of the molecule is CC1(C)c2cc(-c3ccc4c(c3)c3ccccc3n4-c3nc(-c4ccccc4)nc(-c4ccccc4)n3)ccc2-c2c(-c3nc(-c4ccccc4)nc(-c4ccccc4)n3)cccc21. The fraction of sp³-hybridized carbons (Fsp3) is 0.0526. The van der Waals surface area contributed by atoms with Crippen LogP contribution >= 0.6 is 0 Å². The van der Waals surface area contributed by atoms with E-state index >= 15 is 0 Å². The summed E-state index contributed by atoms with van der Waals surface area (Å²) < 4.78 is 2.17. The highest BCUT2D eigenvalue weighted by Crippen LogP contribution is 2.53. The van der Waals surface area contributed by atoms with Crippen molar-refractivity contribution in [3.05, 3.63) is 211 Å². The lowest BCUT2D eigenvalue weighted by Crippen LogP contribution is -2.15. The third-order valence-electron chi connectivity index (χ3n) is 12.5. The van der Waals surface area contributed by atoms with E-state index in [-0.39, 0.29) is 5.41 Å². The van der Waals surface area contributed by atoms with Crippen molar-refractivity contribution in [2.75, 3.05) is 0 Å². The second kappa shape index (κ2) is 14.9. The van der Waals surface area contributed by atoms with Crippen LogP contribution in [-0.2, 0) is 5.41 Å². The molecule has 0 amide bonds. The molecular weight excluding hydrogens is 783 g/mol. The van der Waals surface area contributed by atoms with Crippen LogP contribution in [0.1, 0.15) is 25.0 Å². The first-order chi connectivity index (χ1) is 31.5. The third kappa shape index (κ3) is 6.20. The highest BCUT2D eigenvalue weighted by Gasteiger charge is 2.38. The maximum absolute atomic E-state index is 5.14. The van der Waals surface area contributed by atoms with Gasteiger partial charge in [0.1, 0.15) is 0 Å². The molecule has 8 aromatic carbocycles. The van der Waals surface area contributed by atoms with Crippen molar-refractivity contribution < 1.29 is 0 Å². The van der Waals surface area contributed by atoms with Gasteiger partial charge in [-0.3, -0.25) is 4.57 Å². The van der Waals surface area contributed by atoms with Crippen LogP contribution in [0.25, 0.3) is 107 Å². The van der Waals surface area contributed by atoms with Crippen molar-refractivity contribution in [2.45, 2.75) is 19.3 Å². The Kier molecular flexibility index (Phi) is 8.69. The number of benzene rings is 8. The van der Waals surface area contributed by atoms with E-state index in [0.29, 0.717) is 35.1 Å². The monoisotopic (exact) mass is 821 g/mol. The first-order valence-electron chi connectivity index (χ1n) is 21.5. The van der Waals surface area contributed by atoms with Gasteiger partial charge in [-0.2, -0.15) is 9.97 Å². The Balaban J connectivity index is 0.988. The molecular formula is C57H39N7. The zero-order valence-corrected chi connectivity index (χ0v) is 35.2. The largest absolute Gasteiger partial charge is 0.278 e. The average Bonchev–Trinajstić information content (AvgIpc) is 3.82. The van der Waals surface area contributed by atoms with Gasteiger partial charge in [-0.1, -0.05) is 190 Å². The number of hydrogen-bond donors (Lipinski definition) is 0. The molecule has 0 unspecified atom stereocenters. The lowest BCUT2D eigenvalue weighted by Gasteiger charge is -2.22. The van der Waals surface area contributed by atoms with Crippen molar-refractivity contribution in [3.63, 3.8) is 0 Å². The van der Waals surface area contributed by atoms with Gasteiger partial charge in [0.25, 0.3) is 0 Å². The van der Waals surface area contributed by atoms with E-state index in [0.717, 1.165) is 60.8 Å². The smallest absolute Gasteiger partial charge is 0.238 e. The lowest BCUT2D eigenvalue weighted by molar-refractivity contribution is 0.660. The Labute approximate surface area is 370 Å². The molecule has 0 radical (unpaired) electrons. The van der Waals surface area contributed by atoms with E-state index in [4.69, 9.17) is 29.9 Å². The predicted octanol–water partition coefficient (Wildman–Crippen LogP) is 13.5. The number of nitrogens with zero attached hydrogens (tertiary/aromatic N) is 7. The molecule has 0 saturated carbocycles. The fourth-order valence-electron chi connectivity index (χ4n) is 9.35. The summed E-state index contributed by atoms with van der Waals surface area (Å²) in [5, 5.41) is 2.25. The van der Waals surface area contributed by atoms with Gasteiger partial charge >= 0.3 is 0 Å². The first-order valence-corrected chi connectivity index (χ1v) is 21.5.